The van der Waals surface area contributed by atoms with Crippen LogP contribution in [-0.2, 0) is 9.47 Å². The molecule has 0 N–H and O–H groups in total. The fourth-order valence-corrected chi connectivity index (χ4v) is 2.96. The van der Waals surface area contributed by atoms with Gasteiger partial charge in [0.1, 0.15) is 4.99 Å². The second kappa shape index (κ2) is 7.67. The van der Waals surface area contributed by atoms with Crippen LogP contribution in [0.15, 0.2) is 30.7 Å². The maximum absolute atomic E-state index is 5.77. The third-order valence-electron chi connectivity index (χ3n) is 3.88. The van der Waals surface area contributed by atoms with Gasteiger partial charge in [0.25, 0.3) is 0 Å². The van der Waals surface area contributed by atoms with Crippen molar-refractivity contribution in [2.75, 3.05) is 52.6 Å². The Morgan fingerprint density at radius 1 is 1.00 bits per heavy atom. The van der Waals surface area contributed by atoms with Gasteiger partial charge in [-0.05, 0) is 17.7 Å². The standard InChI is InChI=1S/C16H21N3O2S/c22-16(19-7-11-21-12-8-19)15(14-1-3-17-4-2-14)13-18-5-9-20-10-6-18/h1-4,13H,5-12H2/b15-13+. The molecule has 0 amide bonds. The molecule has 0 bridgehead atoms. The molecule has 0 radical (unpaired) electrons. The molecule has 5 nitrogen and oxygen atoms in total. The summed E-state index contributed by atoms with van der Waals surface area (Å²) in [4.78, 5) is 9.51. The van der Waals surface area contributed by atoms with Crippen molar-refractivity contribution in [2.45, 2.75) is 0 Å². The highest BCUT2D eigenvalue weighted by molar-refractivity contribution is 7.81. The van der Waals surface area contributed by atoms with E-state index in [0.717, 1.165) is 68.7 Å². The number of hydrogen-bond acceptors (Lipinski definition) is 5. The monoisotopic (exact) mass is 319 g/mol. The number of pyridine rings is 1. The average molecular weight is 319 g/mol. The van der Waals surface area contributed by atoms with Gasteiger partial charge in [-0.2, -0.15) is 0 Å². The van der Waals surface area contributed by atoms with E-state index in [1.54, 1.807) is 0 Å². The third-order valence-corrected chi connectivity index (χ3v) is 4.36. The van der Waals surface area contributed by atoms with Crippen LogP contribution in [0.2, 0.25) is 0 Å². The minimum absolute atomic E-state index is 0.737. The molecule has 2 fully saturated rings. The smallest absolute Gasteiger partial charge is 0.111 e. The second-order valence-corrected chi connectivity index (χ2v) is 5.72. The van der Waals surface area contributed by atoms with E-state index in [1.165, 1.54) is 0 Å². The summed E-state index contributed by atoms with van der Waals surface area (Å²) in [6.45, 7) is 6.52. The molecule has 3 heterocycles. The van der Waals surface area contributed by atoms with Gasteiger partial charge in [-0.3, -0.25) is 4.98 Å². The first kappa shape index (κ1) is 15.4. The van der Waals surface area contributed by atoms with Crippen LogP contribution in [0, 0.1) is 0 Å². The van der Waals surface area contributed by atoms with Crippen molar-refractivity contribution >= 4 is 22.8 Å². The van der Waals surface area contributed by atoms with Crippen molar-refractivity contribution in [1.82, 2.24) is 14.8 Å². The highest BCUT2D eigenvalue weighted by Gasteiger charge is 2.19. The summed E-state index contributed by atoms with van der Waals surface area (Å²) in [7, 11) is 0. The Morgan fingerprint density at radius 3 is 2.23 bits per heavy atom. The summed E-state index contributed by atoms with van der Waals surface area (Å²) in [5, 5.41) is 0. The highest BCUT2D eigenvalue weighted by Crippen LogP contribution is 2.20. The molecule has 6 heteroatoms. The molecule has 2 aliphatic rings. The molecule has 0 saturated carbocycles. The van der Waals surface area contributed by atoms with E-state index in [-0.39, 0.29) is 0 Å². The second-order valence-electron chi connectivity index (χ2n) is 5.33. The Bertz CT molecular complexity index is 523. The Labute approximate surface area is 136 Å². The number of morpholine rings is 2. The van der Waals surface area contributed by atoms with E-state index in [4.69, 9.17) is 21.7 Å². The molecule has 1 aromatic rings. The first-order valence-corrected chi connectivity index (χ1v) is 8.06. The lowest BCUT2D eigenvalue weighted by Crippen LogP contribution is -2.41. The van der Waals surface area contributed by atoms with Gasteiger partial charge in [-0.1, -0.05) is 12.2 Å². The SMILES string of the molecule is S=C(/C(=C/N1CCOCC1)c1ccncc1)N1CCOCC1. The Kier molecular flexibility index (Phi) is 5.37. The van der Waals surface area contributed by atoms with Gasteiger partial charge < -0.3 is 19.3 Å². The van der Waals surface area contributed by atoms with Crippen LogP contribution in [0.4, 0.5) is 0 Å². The predicted octanol–water partition coefficient (Wildman–Crippen LogP) is 1.41. The van der Waals surface area contributed by atoms with Crippen LogP contribution in [-0.4, -0.2) is 72.4 Å². The molecule has 118 valence electrons. The molecule has 2 aliphatic heterocycles. The molecule has 1 aromatic heterocycles. The van der Waals surface area contributed by atoms with Crippen LogP contribution in [0.25, 0.3) is 5.57 Å². The number of hydrogen-bond donors (Lipinski definition) is 0. The zero-order valence-electron chi connectivity index (χ0n) is 12.6. The summed E-state index contributed by atoms with van der Waals surface area (Å²) in [5.74, 6) is 0. The van der Waals surface area contributed by atoms with Crippen LogP contribution < -0.4 is 0 Å². The van der Waals surface area contributed by atoms with E-state index in [0.29, 0.717) is 0 Å². The van der Waals surface area contributed by atoms with Crippen molar-refractivity contribution in [3.8, 4) is 0 Å². The number of nitrogens with zero attached hydrogens (tertiary/aromatic N) is 3. The minimum Gasteiger partial charge on any atom is -0.378 e. The lowest BCUT2D eigenvalue weighted by Gasteiger charge is -2.32. The van der Waals surface area contributed by atoms with Gasteiger partial charge in [0, 0.05) is 50.3 Å². The largest absolute Gasteiger partial charge is 0.378 e. The maximum Gasteiger partial charge on any atom is 0.111 e. The van der Waals surface area contributed by atoms with Gasteiger partial charge >= 0.3 is 0 Å². The fourth-order valence-electron chi connectivity index (χ4n) is 2.61. The topological polar surface area (TPSA) is 37.8 Å². The molecule has 3 rings (SSSR count). The van der Waals surface area contributed by atoms with Gasteiger partial charge in [0.05, 0.1) is 26.4 Å². The van der Waals surface area contributed by atoms with E-state index >= 15 is 0 Å². The molecule has 2 saturated heterocycles. The lowest BCUT2D eigenvalue weighted by atomic mass is 10.1. The van der Waals surface area contributed by atoms with Crippen molar-refractivity contribution in [3.63, 3.8) is 0 Å². The normalized spacial score (nSPS) is 20.1. The molecular weight excluding hydrogens is 298 g/mol. The van der Waals surface area contributed by atoms with E-state index in [9.17, 15) is 0 Å². The van der Waals surface area contributed by atoms with Gasteiger partial charge in [-0.15, -0.1) is 0 Å². The lowest BCUT2D eigenvalue weighted by molar-refractivity contribution is 0.0595. The van der Waals surface area contributed by atoms with Gasteiger partial charge in [0.15, 0.2) is 0 Å². The Balaban J connectivity index is 1.85. The summed E-state index contributed by atoms with van der Waals surface area (Å²) < 4.78 is 10.9. The summed E-state index contributed by atoms with van der Waals surface area (Å²) in [6.07, 6.45) is 5.80. The van der Waals surface area contributed by atoms with Crippen molar-refractivity contribution in [1.29, 1.82) is 0 Å². The van der Waals surface area contributed by atoms with Crippen molar-refractivity contribution in [3.05, 3.63) is 36.3 Å². The van der Waals surface area contributed by atoms with Crippen LogP contribution >= 0.6 is 12.2 Å². The molecule has 0 aliphatic carbocycles. The number of ether oxygens (including phenoxy) is 2. The fraction of sp³-hybridized carbons (Fsp3) is 0.500. The quantitative estimate of drug-likeness (QED) is 0.620. The average Bonchev–Trinajstić information content (AvgIpc) is 2.61. The molecular formula is C16H21N3O2S. The number of rotatable bonds is 3. The zero-order chi connectivity index (χ0) is 15.2. The van der Waals surface area contributed by atoms with E-state index < -0.39 is 0 Å². The van der Waals surface area contributed by atoms with Crippen molar-refractivity contribution < 1.29 is 9.47 Å². The van der Waals surface area contributed by atoms with E-state index in [2.05, 4.69) is 21.0 Å². The molecule has 22 heavy (non-hydrogen) atoms. The summed E-state index contributed by atoms with van der Waals surface area (Å²) in [6, 6.07) is 4.03. The Hall–Kier alpha value is -1.50. The van der Waals surface area contributed by atoms with Crippen LogP contribution in [0.1, 0.15) is 5.56 Å². The first-order chi connectivity index (χ1) is 10.8. The molecule has 0 unspecified atom stereocenters. The van der Waals surface area contributed by atoms with E-state index in [1.807, 2.05) is 24.5 Å². The summed E-state index contributed by atoms with van der Waals surface area (Å²) in [5.41, 5.74) is 2.19. The van der Waals surface area contributed by atoms with Crippen LogP contribution in [0.5, 0.6) is 0 Å². The molecule has 0 aromatic carbocycles. The third kappa shape index (κ3) is 3.82. The maximum atomic E-state index is 5.77. The van der Waals surface area contributed by atoms with Gasteiger partial charge in [0.2, 0.25) is 0 Å². The molecule has 0 atom stereocenters. The highest BCUT2D eigenvalue weighted by atomic mass is 32.1. The first-order valence-electron chi connectivity index (χ1n) is 7.65. The van der Waals surface area contributed by atoms with Crippen molar-refractivity contribution in [2.24, 2.45) is 0 Å². The van der Waals surface area contributed by atoms with Gasteiger partial charge in [-0.25, -0.2) is 0 Å². The minimum atomic E-state index is 0.737. The predicted molar refractivity (Wildman–Crippen MR) is 89.6 cm³/mol. The molecule has 0 spiro atoms. The number of thiocarbonyl (C=S) groups is 1. The Morgan fingerprint density at radius 2 is 1.59 bits per heavy atom. The van der Waals surface area contributed by atoms with Crippen LogP contribution in [0.3, 0.4) is 0 Å². The number of aromatic nitrogens is 1. The summed E-state index contributed by atoms with van der Waals surface area (Å²) >= 11 is 5.77. The zero-order valence-corrected chi connectivity index (χ0v) is 13.4.